The van der Waals surface area contributed by atoms with E-state index < -0.39 is 0 Å². The Kier molecular flexibility index (Phi) is 3.05. The van der Waals surface area contributed by atoms with Gasteiger partial charge in [0.1, 0.15) is 11.9 Å². The van der Waals surface area contributed by atoms with Gasteiger partial charge in [0.15, 0.2) is 0 Å². The average molecular weight is 221 g/mol. The minimum atomic E-state index is -0.0143. The Morgan fingerprint density at radius 1 is 1.69 bits per heavy atom. The second-order valence-electron chi connectivity index (χ2n) is 3.83. The van der Waals surface area contributed by atoms with Gasteiger partial charge in [-0.3, -0.25) is 5.41 Å². The number of nitrogens with two attached hydrogens (primary N) is 1. The molecule has 1 aromatic rings. The van der Waals surface area contributed by atoms with E-state index in [-0.39, 0.29) is 11.9 Å². The van der Waals surface area contributed by atoms with Gasteiger partial charge in [0.25, 0.3) is 0 Å². The SMILES string of the molecule is Cc1ccnc(OC2CCOC2)c1C(=N)N. The summed E-state index contributed by atoms with van der Waals surface area (Å²) in [5.74, 6) is 0.419. The zero-order chi connectivity index (χ0) is 11.5. The maximum atomic E-state index is 7.52. The number of ether oxygens (including phenoxy) is 2. The molecular weight excluding hydrogens is 206 g/mol. The van der Waals surface area contributed by atoms with Crippen LogP contribution in [0.4, 0.5) is 0 Å². The van der Waals surface area contributed by atoms with Gasteiger partial charge in [-0.2, -0.15) is 0 Å². The van der Waals surface area contributed by atoms with Gasteiger partial charge in [0, 0.05) is 12.6 Å². The van der Waals surface area contributed by atoms with Gasteiger partial charge in [0.05, 0.1) is 18.8 Å². The van der Waals surface area contributed by atoms with E-state index in [1.165, 1.54) is 0 Å². The molecule has 16 heavy (non-hydrogen) atoms. The number of nitrogens with zero attached hydrogens (tertiary/aromatic N) is 1. The molecule has 0 spiro atoms. The number of nitrogen functional groups attached to an aromatic ring is 1. The molecule has 0 amide bonds. The number of rotatable bonds is 3. The minimum absolute atomic E-state index is 0.0143. The zero-order valence-electron chi connectivity index (χ0n) is 9.19. The lowest BCUT2D eigenvalue weighted by Gasteiger charge is -2.14. The summed E-state index contributed by atoms with van der Waals surface area (Å²) in [7, 11) is 0. The molecule has 2 heterocycles. The molecule has 1 unspecified atom stereocenters. The molecule has 1 aliphatic heterocycles. The van der Waals surface area contributed by atoms with Gasteiger partial charge < -0.3 is 15.2 Å². The molecule has 1 aromatic heterocycles. The number of pyridine rings is 1. The predicted molar refractivity (Wildman–Crippen MR) is 59.8 cm³/mol. The van der Waals surface area contributed by atoms with Crippen LogP contribution in [0.2, 0.25) is 0 Å². The van der Waals surface area contributed by atoms with E-state index in [9.17, 15) is 0 Å². The summed E-state index contributed by atoms with van der Waals surface area (Å²) >= 11 is 0. The summed E-state index contributed by atoms with van der Waals surface area (Å²) in [4.78, 5) is 4.13. The van der Waals surface area contributed by atoms with Gasteiger partial charge in [0.2, 0.25) is 5.88 Å². The third-order valence-corrected chi connectivity index (χ3v) is 2.56. The number of aryl methyl sites for hydroxylation is 1. The zero-order valence-corrected chi connectivity index (χ0v) is 9.19. The van der Waals surface area contributed by atoms with Crippen LogP contribution in [0, 0.1) is 12.3 Å². The molecule has 0 aromatic carbocycles. The van der Waals surface area contributed by atoms with Crippen LogP contribution in [0.1, 0.15) is 17.5 Å². The van der Waals surface area contributed by atoms with E-state index in [1.54, 1.807) is 6.20 Å². The van der Waals surface area contributed by atoms with E-state index in [4.69, 9.17) is 20.6 Å². The van der Waals surface area contributed by atoms with Crippen molar-refractivity contribution in [2.24, 2.45) is 5.73 Å². The Hall–Kier alpha value is -1.62. The van der Waals surface area contributed by atoms with E-state index in [0.29, 0.717) is 24.7 Å². The first-order valence-electron chi connectivity index (χ1n) is 5.23. The van der Waals surface area contributed by atoms with Crippen LogP contribution in [-0.2, 0) is 4.74 Å². The average Bonchev–Trinajstić information content (AvgIpc) is 2.70. The molecule has 1 aliphatic rings. The highest BCUT2D eigenvalue weighted by atomic mass is 16.5. The number of hydrogen-bond acceptors (Lipinski definition) is 4. The lowest BCUT2D eigenvalue weighted by Crippen LogP contribution is -2.21. The second kappa shape index (κ2) is 4.49. The van der Waals surface area contributed by atoms with E-state index in [2.05, 4.69) is 4.98 Å². The first kappa shape index (κ1) is 10.9. The van der Waals surface area contributed by atoms with Crippen LogP contribution in [0.5, 0.6) is 5.88 Å². The van der Waals surface area contributed by atoms with Crippen molar-refractivity contribution in [3.63, 3.8) is 0 Å². The smallest absolute Gasteiger partial charge is 0.225 e. The molecule has 0 radical (unpaired) electrons. The maximum absolute atomic E-state index is 7.52. The molecular formula is C11H15N3O2. The third-order valence-electron chi connectivity index (χ3n) is 2.56. The summed E-state index contributed by atoms with van der Waals surface area (Å²) in [5, 5.41) is 7.52. The predicted octanol–water partition coefficient (Wildman–Crippen LogP) is 0.842. The van der Waals surface area contributed by atoms with E-state index >= 15 is 0 Å². The molecule has 5 nitrogen and oxygen atoms in total. The van der Waals surface area contributed by atoms with Crippen molar-refractivity contribution in [3.8, 4) is 5.88 Å². The third kappa shape index (κ3) is 2.14. The monoisotopic (exact) mass is 221 g/mol. The molecule has 1 atom stereocenters. The van der Waals surface area contributed by atoms with Gasteiger partial charge in [-0.1, -0.05) is 0 Å². The van der Waals surface area contributed by atoms with Crippen LogP contribution < -0.4 is 10.5 Å². The molecule has 5 heteroatoms. The molecule has 2 rings (SSSR count). The minimum Gasteiger partial charge on any atom is -0.471 e. The summed E-state index contributed by atoms with van der Waals surface area (Å²) in [5.41, 5.74) is 7.00. The van der Waals surface area contributed by atoms with Crippen molar-refractivity contribution in [2.45, 2.75) is 19.4 Å². The molecule has 0 aliphatic carbocycles. The standard InChI is InChI=1S/C11H15N3O2/c1-7-2-4-14-11(9(7)10(12)13)16-8-3-5-15-6-8/h2,4,8H,3,5-6H2,1H3,(H3,12,13). The van der Waals surface area contributed by atoms with Gasteiger partial charge in [-0.05, 0) is 18.6 Å². The maximum Gasteiger partial charge on any atom is 0.225 e. The van der Waals surface area contributed by atoms with Crippen molar-refractivity contribution in [1.29, 1.82) is 5.41 Å². The molecule has 1 saturated heterocycles. The lowest BCUT2D eigenvalue weighted by molar-refractivity contribution is 0.138. The topological polar surface area (TPSA) is 81.2 Å². The Balaban J connectivity index is 2.25. The summed E-state index contributed by atoms with van der Waals surface area (Å²) in [6.45, 7) is 3.18. The Morgan fingerprint density at radius 2 is 2.50 bits per heavy atom. The lowest BCUT2D eigenvalue weighted by atomic mass is 10.1. The highest BCUT2D eigenvalue weighted by molar-refractivity contribution is 5.98. The summed E-state index contributed by atoms with van der Waals surface area (Å²) < 4.78 is 10.9. The second-order valence-corrected chi connectivity index (χ2v) is 3.83. The Morgan fingerprint density at radius 3 is 3.12 bits per heavy atom. The normalized spacial score (nSPS) is 19.7. The first-order valence-corrected chi connectivity index (χ1v) is 5.23. The van der Waals surface area contributed by atoms with Crippen molar-refractivity contribution in [2.75, 3.05) is 13.2 Å². The fourth-order valence-electron chi connectivity index (χ4n) is 1.71. The van der Waals surface area contributed by atoms with Gasteiger partial charge in [-0.25, -0.2) is 4.98 Å². The van der Waals surface area contributed by atoms with E-state index in [0.717, 1.165) is 12.0 Å². The van der Waals surface area contributed by atoms with Crippen molar-refractivity contribution in [1.82, 2.24) is 4.98 Å². The largest absolute Gasteiger partial charge is 0.471 e. The van der Waals surface area contributed by atoms with Gasteiger partial charge in [-0.15, -0.1) is 0 Å². The van der Waals surface area contributed by atoms with Crippen LogP contribution in [0.15, 0.2) is 12.3 Å². The first-order chi connectivity index (χ1) is 7.68. The van der Waals surface area contributed by atoms with Crippen LogP contribution in [-0.4, -0.2) is 30.1 Å². The van der Waals surface area contributed by atoms with Crippen molar-refractivity contribution in [3.05, 3.63) is 23.4 Å². The quantitative estimate of drug-likeness (QED) is 0.585. The summed E-state index contributed by atoms with van der Waals surface area (Å²) in [6.07, 6.45) is 2.53. The number of hydrogen-bond donors (Lipinski definition) is 2. The number of nitrogens with one attached hydrogen (secondary N) is 1. The molecule has 0 bridgehead atoms. The van der Waals surface area contributed by atoms with Crippen LogP contribution in [0.3, 0.4) is 0 Å². The van der Waals surface area contributed by atoms with E-state index in [1.807, 2.05) is 13.0 Å². The highest BCUT2D eigenvalue weighted by Crippen LogP contribution is 2.21. The number of amidine groups is 1. The van der Waals surface area contributed by atoms with Crippen molar-refractivity contribution >= 4 is 5.84 Å². The van der Waals surface area contributed by atoms with Crippen LogP contribution in [0.25, 0.3) is 0 Å². The molecule has 86 valence electrons. The summed E-state index contributed by atoms with van der Waals surface area (Å²) in [6, 6.07) is 1.81. The van der Waals surface area contributed by atoms with Crippen molar-refractivity contribution < 1.29 is 9.47 Å². The highest BCUT2D eigenvalue weighted by Gasteiger charge is 2.20. The molecule has 3 N–H and O–H groups in total. The Labute approximate surface area is 94.1 Å². The van der Waals surface area contributed by atoms with Crippen LogP contribution >= 0.6 is 0 Å². The van der Waals surface area contributed by atoms with Gasteiger partial charge >= 0.3 is 0 Å². The number of aromatic nitrogens is 1. The Bertz CT molecular complexity index is 400. The fourth-order valence-corrected chi connectivity index (χ4v) is 1.71. The molecule has 1 fully saturated rings. The fraction of sp³-hybridized carbons (Fsp3) is 0.455. The molecule has 0 saturated carbocycles.